The molecular weight excluding hydrogens is 349 g/mol. The number of hydrogen-bond acceptors (Lipinski definition) is 3. The summed E-state index contributed by atoms with van der Waals surface area (Å²) in [4.78, 5) is 23.0. The molecule has 2 aromatic carbocycles. The molecule has 0 heterocycles. The number of anilines is 3. The Morgan fingerprint density at radius 2 is 1.62 bits per heavy atom. The molecule has 0 aliphatic heterocycles. The van der Waals surface area contributed by atoms with E-state index in [2.05, 4.69) is 16.0 Å². The van der Waals surface area contributed by atoms with E-state index in [1.54, 1.807) is 30.3 Å². The zero-order valence-electron chi connectivity index (χ0n) is 13.0. The minimum atomic E-state index is -0.140. The molecule has 5 nitrogen and oxygen atoms in total. The molecule has 0 unspecified atom stereocenters. The fraction of sp³-hybridized carbons (Fsp3) is 0.176. The number of halogens is 2. The Morgan fingerprint density at radius 3 is 2.33 bits per heavy atom. The quantitative estimate of drug-likeness (QED) is 0.710. The van der Waals surface area contributed by atoms with Gasteiger partial charge in [-0.15, -0.1) is 0 Å². The molecule has 7 heteroatoms. The largest absolute Gasteiger partial charge is 0.384 e. The van der Waals surface area contributed by atoms with Crippen LogP contribution >= 0.6 is 23.2 Å². The minimum Gasteiger partial charge on any atom is -0.384 e. The van der Waals surface area contributed by atoms with Gasteiger partial charge in [-0.25, -0.2) is 0 Å². The van der Waals surface area contributed by atoms with Crippen LogP contribution < -0.4 is 16.0 Å². The van der Waals surface area contributed by atoms with Crippen LogP contribution in [0, 0.1) is 0 Å². The first-order chi connectivity index (χ1) is 11.4. The van der Waals surface area contributed by atoms with E-state index in [1.807, 2.05) is 12.1 Å². The summed E-state index contributed by atoms with van der Waals surface area (Å²) in [6, 6.07) is 12.2. The molecule has 0 spiro atoms. The predicted molar refractivity (Wildman–Crippen MR) is 98.9 cm³/mol. The number of hydrogen-bond donors (Lipinski definition) is 3. The molecule has 0 aromatic heterocycles. The SMILES string of the molecule is CC(=O)Nc1cccc(NCCC(=O)Nc2ccc(Cl)c(Cl)c2)c1. The fourth-order valence-electron chi connectivity index (χ4n) is 2.03. The highest BCUT2D eigenvalue weighted by Gasteiger charge is 2.05. The van der Waals surface area contributed by atoms with Gasteiger partial charge in [-0.1, -0.05) is 29.3 Å². The molecule has 2 aromatic rings. The minimum absolute atomic E-state index is 0.131. The Hall–Kier alpha value is -2.24. The van der Waals surface area contributed by atoms with Crippen LogP contribution in [0.15, 0.2) is 42.5 Å². The number of rotatable bonds is 6. The van der Waals surface area contributed by atoms with Gasteiger partial charge < -0.3 is 16.0 Å². The van der Waals surface area contributed by atoms with Crippen molar-refractivity contribution >= 4 is 52.1 Å². The van der Waals surface area contributed by atoms with Crippen molar-refractivity contribution in [2.24, 2.45) is 0 Å². The molecule has 0 saturated carbocycles. The standard InChI is InChI=1S/C17H17Cl2N3O2/c1-11(23)21-13-4-2-3-12(9-13)20-8-7-17(24)22-14-5-6-15(18)16(19)10-14/h2-6,9-10,20H,7-8H2,1H3,(H,21,23)(H,22,24). The molecule has 2 rings (SSSR count). The van der Waals surface area contributed by atoms with E-state index in [1.165, 1.54) is 6.92 Å². The van der Waals surface area contributed by atoms with E-state index < -0.39 is 0 Å². The second-order valence-electron chi connectivity index (χ2n) is 5.12. The molecule has 126 valence electrons. The second kappa shape index (κ2) is 8.57. The predicted octanol–water partition coefficient (Wildman–Crippen LogP) is 4.39. The van der Waals surface area contributed by atoms with Gasteiger partial charge in [-0.2, -0.15) is 0 Å². The molecule has 2 amide bonds. The maximum atomic E-state index is 11.9. The lowest BCUT2D eigenvalue weighted by Gasteiger charge is -2.09. The molecule has 0 bridgehead atoms. The maximum absolute atomic E-state index is 11.9. The lowest BCUT2D eigenvalue weighted by molar-refractivity contribution is -0.116. The van der Waals surface area contributed by atoms with E-state index in [4.69, 9.17) is 23.2 Å². The smallest absolute Gasteiger partial charge is 0.226 e. The van der Waals surface area contributed by atoms with Gasteiger partial charge in [0.15, 0.2) is 0 Å². The normalized spacial score (nSPS) is 10.1. The zero-order valence-corrected chi connectivity index (χ0v) is 14.5. The van der Waals surface area contributed by atoms with E-state index in [9.17, 15) is 9.59 Å². The van der Waals surface area contributed by atoms with Crippen molar-refractivity contribution in [1.82, 2.24) is 0 Å². The number of nitrogens with one attached hydrogen (secondary N) is 3. The Labute approximate surface area is 150 Å². The Kier molecular flexibility index (Phi) is 6.46. The molecule has 0 radical (unpaired) electrons. The van der Waals surface area contributed by atoms with Crippen molar-refractivity contribution in [1.29, 1.82) is 0 Å². The van der Waals surface area contributed by atoms with Crippen molar-refractivity contribution in [2.45, 2.75) is 13.3 Å². The monoisotopic (exact) mass is 365 g/mol. The molecule has 3 N–H and O–H groups in total. The number of carbonyl (C=O) groups is 2. The third-order valence-corrected chi connectivity index (χ3v) is 3.81. The van der Waals surface area contributed by atoms with Crippen molar-refractivity contribution in [3.63, 3.8) is 0 Å². The van der Waals surface area contributed by atoms with Crippen LogP contribution in [0.25, 0.3) is 0 Å². The Morgan fingerprint density at radius 1 is 0.917 bits per heavy atom. The molecule has 24 heavy (non-hydrogen) atoms. The highest BCUT2D eigenvalue weighted by atomic mass is 35.5. The summed E-state index contributed by atoms with van der Waals surface area (Å²) in [5.41, 5.74) is 2.12. The third-order valence-electron chi connectivity index (χ3n) is 3.07. The highest BCUT2D eigenvalue weighted by Crippen LogP contribution is 2.25. The van der Waals surface area contributed by atoms with Crippen LogP contribution in [0.5, 0.6) is 0 Å². The van der Waals surface area contributed by atoms with Gasteiger partial charge >= 0.3 is 0 Å². The molecule has 0 aliphatic rings. The fourth-order valence-corrected chi connectivity index (χ4v) is 2.33. The van der Waals surface area contributed by atoms with Crippen LogP contribution in [-0.4, -0.2) is 18.4 Å². The zero-order chi connectivity index (χ0) is 17.5. The van der Waals surface area contributed by atoms with E-state index in [0.717, 1.165) is 5.69 Å². The first kappa shape index (κ1) is 18.1. The molecule has 0 fully saturated rings. The van der Waals surface area contributed by atoms with Gasteiger partial charge in [0.25, 0.3) is 0 Å². The summed E-state index contributed by atoms with van der Waals surface area (Å²) < 4.78 is 0. The van der Waals surface area contributed by atoms with Gasteiger partial charge in [0.05, 0.1) is 10.0 Å². The lowest BCUT2D eigenvalue weighted by Crippen LogP contribution is -2.16. The summed E-state index contributed by atoms with van der Waals surface area (Å²) in [5, 5.41) is 9.43. The first-order valence-electron chi connectivity index (χ1n) is 7.30. The van der Waals surface area contributed by atoms with E-state index in [-0.39, 0.29) is 18.2 Å². The van der Waals surface area contributed by atoms with Crippen LogP contribution in [0.2, 0.25) is 10.0 Å². The summed E-state index contributed by atoms with van der Waals surface area (Å²) in [5.74, 6) is -0.271. The molecule has 0 atom stereocenters. The van der Waals surface area contributed by atoms with Crippen LogP contribution in [0.3, 0.4) is 0 Å². The van der Waals surface area contributed by atoms with Crippen LogP contribution in [0.1, 0.15) is 13.3 Å². The van der Waals surface area contributed by atoms with Gasteiger partial charge in [0, 0.05) is 37.0 Å². The van der Waals surface area contributed by atoms with Gasteiger partial charge in [-0.05, 0) is 36.4 Å². The number of amides is 2. The molecule has 0 saturated heterocycles. The summed E-state index contributed by atoms with van der Waals surface area (Å²) in [6.45, 7) is 1.91. The number of carbonyl (C=O) groups excluding carboxylic acids is 2. The van der Waals surface area contributed by atoms with Crippen LogP contribution in [0.4, 0.5) is 17.1 Å². The maximum Gasteiger partial charge on any atom is 0.226 e. The van der Waals surface area contributed by atoms with Gasteiger partial charge in [0.1, 0.15) is 0 Å². The second-order valence-corrected chi connectivity index (χ2v) is 5.93. The average Bonchev–Trinajstić information content (AvgIpc) is 2.51. The van der Waals surface area contributed by atoms with Crippen molar-refractivity contribution in [3.8, 4) is 0 Å². The Balaban J connectivity index is 1.82. The van der Waals surface area contributed by atoms with Crippen molar-refractivity contribution in [3.05, 3.63) is 52.5 Å². The van der Waals surface area contributed by atoms with Crippen LogP contribution in [-0.2, 0) is 9.59 Å². The van der Waals surface area contributed by atoms with E-state index >= 15 is 0 Å². The highest BCUT2D eigenvalue weighted by molar-refractivity contribution is 6.42. The number of benzene rings is 2. The first-order valence-corrected chi connectivity index (χ1v) is 8.06. The molecule has 0 aliphatic carbocycles. The topological polar surface area (TPSA) is 70.2 Å². The van der Waals surface area contributed by atoms with Crippen molar-refractivity contribution < 1.29 is 9.59 Å². The summed E-state index contributed by atoms with van der Waals surface area (Å²) in [6.07, 6.45) is 0.282. The Bertz CT molecular complexity index is 750. The van der Waals surface area contributed by atoms with Crippen molar-refractivity contribution in [2.75, 3.05) is 22.5 Å². The third kappa shape index (κ3) is 5.76. The van der Waals surface area contributed by atoms with E-state index in [0.29, 0.717) is 28.0 Å². The van der Waals surface area contributed by atoms with Gasteiger partial charge in [0.2, 0.25) is 11.8 Å². The summed E-state index contributed by atoms with van der Waals surface area (Å²) in [7, 11) is 0. The van der Waals surface area contributed by atoms with Gasteiger partial charge in [-0.3, -0.25) is 9.59 Å². The average molecular weight is 366 g/mol. The molecular formula is C17H17Cl2N3O2. The summed E-state index contributed by atoms with van der Waals surface area (Å²) >= 11 is 11.7. The lowest BCUT2D eigenvalue weighted by atomic mass is 10.2.